The van der Waals surface area contributed by atoms with Gasteiger partial charge < -0.3 is 4.74 Å². The lowest BCUT2D eigenvalue weighted by atomic mass is 9.72. The van der Waals surface area contributed by atoms with E-state index in [2.05, 4.69) is 50.3 Å². The molecule has 0 unspecified atom stereocenters. The molecule has 0 saturated carbocycles. The van der Waals surface area contributed by atoms with Crippen molar-refractivity contribution in [1.29, 1.82) is 0 Å². The average molecular weight is 375 g/mol. The molecular weight excluding hydrogens is 344 g/mol. The minimum atomic E-state index is -0.0501. The Balaban J connectivity index is 1.88. The molecule has 3 rings (SSSR count). The number of ketones is 1. The number of hydrogen-bond donors (Lipinski definition) is 0. The summed E-state index contributed by atoms with van der Waals surface area (Å²) >= 11 is 0. The van der Waals surface area contributed by atoms with Gasteiger partial charge in [0, 0.05) is 5.92 Å². The van der Waals surface area contributed by atoms with Crippen molar-refractivity contribution in [3.8, 4) is 5.75 Å². The fraction of sp³-hybridized carbons (Fsp3) is 0.346. The molecule has 146 valence electrons. The van der Waals surface area contributed by atoms with Gasteiger partial charge in [-0.1, -0.05) is 65.8 Å². The van der Waals surface area contributed by atoms with Crippen LogP contribution in [0.25, 0.3) is 0 Å². The highest BCUT2D eigenvalue weighted by atomic mass is 16.5. The SMILES string of the molecule is COc1ccccc1C(=O)[C@@H]1CC=C(CCC=C(C)C)C[C@H]1c1ccccc1. The molecule has 2 atom stereocenters. The second-order valence-electron chi connectivity index (χ2n) is 7.81. The molecule has 0 heterocycles. The van der Waals surface area contributed by atoms with Crippen molar-refractivity contribution < 1.29 is 9.53 Å². The van der Waals surface area contributed by atoms with Crippen molar-refractivity contribution in [2.24, 2.45) is 5.92 Å². The maximum Gasteiger partial charge on any atom is 0.170 e. The van der Waals surface area contributed by atoms with E-state index in [1.165, 1.54) is 16.7 Å². The number of methoxy groups -OCH3 is 1. The van der Waals surface area contributed by atoms with E-state index in [0.29, 0.717) is 11.3 Å². The van der Waals surface area contributed by atoms with Crippen molar-refractivity contribution in [3.63, 3.8) is 0 Å². The Hall–Kier alpha value is -2.61. The molecule has 1 aliphatic carbocycles. The molecular formula is C26H30O2. The molecule has 0 spiro atoms. The predicted molar refractivity (Wildman–Crippen MR) is 116 cm³/mol. The Bertz CT molecular complexity index is 857. The van der Waals surface area contributed by atoms with E-state index >= 15 is 0 Å². The van der Waals surface area contributed by atoms with Crippen LogP contribution in [-0.4, -0.2) is 12.9 Å². The smallest absolute Gasteiger partial charge is 0.170 e. The fourth-order valence-corrected chi connectivity index (χ4v) is 4.10. The quantitative estimate of drug-likeness (QED) is 0.396. The summed E-state index contributed by atoms with van der Waals surface area (Å²) in [4.78, 5) is 13.5. The van der Waals surface area contributed by atoms with E-state index in [-0.39, 0.29) is 17.6 Å². The summed E-state index contributed by atoms with van der Waals surface area (Å²) in [6.07, 6.45) is 8.48. The van der Waals surface area contributed by atoms with Gasteiger partial charge in [0.25, 0.3) is 0 Å². The van der Waals surface area contributed by atoms with Crippen LogP contribution in [-0.2, 0) is 0 Å². The van der Waals surface area contributed by atoms with Crippen molar-refractivity contribution in [3.05, 3.63) is 89.0 Å². The third-order valence-electron chi connectivity index (χ3n) is 5.58. The molecule has 0 saturated heterocycles. The van der Waals surface area contributed by atoms with Gasteiger partial charge in [0.05, 0.1) is 12.7 Å². The van der Waals surface area contributed by atoms with Crippen molar-refractivity contribution in [2.45, 2.75) is 45.4 Å². The van der Waals surface area contributed by atoms with Crippen molar-refractivity contribution in [2.75, 3.05) is 7.11 Å². The minimum Gasteiger partial charge on any atom is -0.496 e. The number of benzene rings is 2. The molecule has 2 aromatic carbocycles. The number of para-hydroxylation sites is 1. The van der Waals surface area contributed by atoms with Crippen LogP contribution in [0.2, 0.25) is 0 Å². The largest absolute Gasteiger partial charge is 0.496 e. The molecule has 0 N–H and O–H groups in total. The zero-order valence-corrected chi connectivity index (χ0v) is 17.2. The lowest BCUT2D eigenvalue weighted by Gasteiger charge is -2.31. The molecule has 0 fully saturated rings. The highest BCUT2D eigenvalue weighted by Gasteiger charge is 2.33. The zero-order chi connectivity index (χ0) is 19.9. The minimum absolute atomic E-state index is 0.0501. The summed E-state index contributed by atoms with van der Waals surface area (Å²) in [5.74, 6) is 1.01. The van der Waals surface area contributed by atoms with Crippen LogP contribution < -0.4 is 4.74 Å². The maximum atomic E-state index is 13.5. The third kappa shape index (κ3) is 4.81. The summed E-state index contributed by atoms with van der Waals surface area (Å²) in [5.41, 5.74) is 4.77. The van der Waals surface area contributed by atoms with Gasteiger partial charge in [-0.3, -0.25) is 4.79 Å². The molecule has 2 heteroatoms. The highest BCUT2D eigenvalue weighted by molar-refractivity contribution is 6.01. The third-order valence-corrected chi connectivity index (χ3v) is 5.58. The van der Waals surface area contributed by atoms with E-state index in [0.717, 1.165) is 25.7 Å². The van der Waals surface area contributed by atoms with Gasteiger partial charge in [0.15, 0.2) is 5.78 Å². The van der Waals surface area contributed by atoms with E-state index in [9.17, 15) is 4.79 Å². The van der Waals surface area contributed by atoms with Crippen LogP contribution in [0, 0.1) is 5.92 Å². The van der Waals surface area contributed by atoms with Gasteiger partial charge in [-0.2, -0.15) is 0 Å². The van der Waals surface area contributed by atoms with Crippen LogP contribution >= 0.6 is 0 Å². The predicted octanol–water partition coefficient (Wildman–Crippen LogP) is 6.74. The lowest BCUT2D eigenvalue weighted by Crippen LogP contribution is -2.26. The molecule has 28 heavy (non-hydrogen) atoms. The molecule has 0 aromatic heterocycles. The second-order valence-corrected chi connectivity index (χ2v) is 7.81. The number of allylic oxidation sites excluding steroid dienone is 4. The fourth-order valence-electron chi connectivity index (χ4n) is 4.10. The van der Waals surface area contributed by atoms with Gasteiger partial charge in [-0.05, 0) is 63.1 Å². The first kappa shape index (κ1) is 20.1. The van der Waals surface area contributed by atoms with Crippen LogP contribution in [0.15, 0.2) is 77.9 Å². The number of carbonyl (C=O) groups excluding carboxylic acids is 1. The van der Waals surface area contributed by atoms with Crippen LogP contribution in [0.3, 0.4) is 0 Å². The van der Waals surface area contributed by atoms with Crippen LogP contribution in [0.4, 0.5) is 0 Å². The van der Waals surface area contributed by atoms with Gasteiger partial charge in [-0.15, -0.1) is 0 Å². The Morgan fingerprint density at radius 2 is 1.79 bits per heavy atom. The van der Waals surface area contributed by atoms with Crippen molar-refractivity contribution >= 4 is 5.78 Å². The normalized spacial score (nSPS) is 18.9. The number of Topliss-reactive ketones (excluding diaryl/α,β-unsaturated/α-hetero) is 1. The second kappa shape index (κ2) is 9.54. The number of rotatable bonds is 7. The van der Waals surface area contributed by atoms with E-state index < -0.39 is 0 Å². The highest BCUT2D eigenvalue weighted by Crippen LogP contribution is 2.41. The topological polar surface area (TPSA) is 26.3 Å². The average Bonchev–Trinajstić information content (AvgIpc) is 2.73. The monoisotopic (exact) mass is 374 g/mol. The summed E-state index contributed by atoms with van der Waals surface area (Å²) in [6, 6.07) is 18.1. The number of hydrogen-bond acceptors (Lipinski definition) is 2. The van der Waals surface area contributed by atoms with E-state index in [4.69, 9.17) is 4.74 Å². The van der Waals surface area contributed by atoms with Crippen LogP contribution in [0.1, 0.15) is 61.4 Å². The summed E-state index contributed by atoms with van der Waals surface area (Å²) in [6.45, 7) is 4.29. The molecule has 0 amide bonds. The first-order chi connectivity index (χ1) is 13.6. The van der Waals surface area contributed by atoms with Crippen molar-refractivity contribution in [1.82, 2.24) is 0 Å². The van der Waals surface area contributed by atoms with Gasteiger partial charge >= 0.3 is 0 Å². The summed E-state index contributed by atoms with van der Waals surface area (Å²) in [5, 5.41) is 0. The maximum absolute atomic E-state index is 13.5. The Kier molecular flexibility index (Phi) is 6.86. The van der Waals surface area contributed by atoms with Gasteiger partial charge in [0.1, 0.15) is 5.75 Å². The van der Waals surface area contributed by atoms with E-state index in [1.807, 2.05) is 30.3 Å². The Labute approximate surface area is 168 Å². The number of carbonyl (C=O) groups is 1. The summed E-state index contributed by atoms with van der Waals surface area (Å²) in [7, 11) is 1.63. The zero-order valence-electron chi connectivity index (χ0n) is 17.2. The molecule has 1 aliphatic rings. The first-order valence-electron chi connectivity index (χ1n) is 10.1. The molecule has 0 radical (unpaired) electrons. The Morgan fingerprint density at radius 3 is 2.50 bits per heavy atom. The standard InChI is InChI=1S/C26H30O2/c1-19(2)10-9-11-20-16-17-22(24(18-20)21-12-5-4-6-13-21)26(27)23-14-7-8-15-25(23)28-3/h4-8,10,12-16,22,24H,9,11,17-18H2,1-3H3/t22-,24+/m1/s1. The number of ether oxygens (including phenoxy) is 1. The Morgan fingerprint density at radius 1 is 1.07 bits per heavy atom. The molecule has 0 aliphatic heterocycles. The molecule has 0 bridgehead atoms. The van der Waals surface area contributed by atoms with Gasteiger partial charge in [0.2, 0.25) is 0 Å². The van der Waals surface area contributed by atoms with Crippen LogP contribution in [0.5, 0.6) is 5.75 Å². The molecule has 2 nitrogen and oxygen atoms in total. The first-order valence-corrected chi connectivity index (χ1v) is 10.1. The summed E-state index contributed by atoms with van der Waals surface area (Å²) < 4.78 is 5.45. The lowest BCUT2D eigenvalue weighted by molar-refractivity contribution is 0.0892. The van der Waals surface area contributed by atoms with Gasteiger partial charge in [-0.25, -0.2) is 0 Å². The van der Waals surface area contributed by atoms with E-state index in [1.54, 1.807) is 7.11 Å². The molecule has 2 aromatic rings.